The predicted molar refractivity (Wildman–Crippen MR) is 73.0 cm³/mol. The predicted octanol–water partition coefficient (Wildman–Crippen LogP) is 1.58. The average Bonchev–Trinajstić information content (AvgIpc) is 3.24. The van der Waals surface area contributed by atoms with Crippen molar-refractivity contribution in [2.24, 2.45) is 0 Å². The third-order valence-corrected chi connectivity index (χ3v) is 2.98. The van der Waals surface area contributed by atoms with Gasteiger partial charge in [0.2, 0.25) is 5.82 Å². The Morgan fingerprint density at radius 2 is 2.12 bits per heavy atom. The second-order valence-corrected chi connectivity index (χ2v) is 4.72. The minimum atomic E-state index is -4.71. The fourth-order valence-electron chi connectivity index (χ4n) is 1.83. The number of alkyl halides is 3. The fraction of sp³-hybridized carbons (Fsp3) is 0.231. The van der Waals surface area contributed by atoms with E-state index in [-0.39, 0.29) is 23.8 Å². The van der Waals surface area contributed by atoms with Crippen LogP contribution >= 0.6 is 0 Å². The van der Waals surface area contributed by atoms with Gasteiger partial charge in [0.1, 0.15) is 6.33 Å². The summed E-state index contributed by atoms with van der Waals surface area (Å²) in [4.78, 5) is 22.4. The van der Waals surface area contributed by atoms with Crippen LogP contribution in [0.25, 0.3) is 11.4 Å². The number of ether oxygens (including phenoxy) is 1. The lowest BCUT2D eigenvalue weighted by Gasteiger charge is -2.01. The molecule has 12 heteroatoms. The molecule has 3 aromatic heterocycles. The average molecular weight is 354 g/mol. The zero-order valence-corrected chi connectivity index (χ0v) is 12.6. The van der Waals surface area contributed by atoms with Gasteiger partial charge in [-0.2, -0.15) is 18.2 Å². The lowest BCUT2D eigenvalue weighted by molar-refractivity contribution is -0.159. The van der Waals surface area contributed by atoms with Crippen LogP contribution < -0.4 is 0 Å². The van der Waals surface area contributed by atoms with Crippen LogP contribution in [0.1, 0.15) is 22.2 Å². The van der Waals surface area contributed by atoms with E-state index in [4.69, 9.17) is 0 Å². The molecular weight excluding hydrogens is 345 g/mol. The summed E-state index contributed by atoms with van der Waals surface area (Å²) in [6.07, 6.45) is -2.07. The third kappa shape index (κ3) is 3.62. The van der Waals surface area contributed by atoms with E-state index in [9.17, 15) is 18.0 Å². The van der Waals surface area contributed by atoms with Crippen LogP contribution in [-0.2, 0) is 17.5 Å². The van der Waals surface area contributed by atoms with Gasteiger partial charge in [-0.1, -0.05) is 5.16 Å². The quantitative estimate of drug-likeness (QED) is 0.650. The maximum Gasteiger partial charge on any atom is 0.471 e. The van der Waals surface area contributed by atoms with Crippen molar-refractivity contribution in [1.29, 1.82) is 0 Å². The van der Waals surface area contributed by atoms with Crippen LogP contribution in [0.3, 0.4) is 0 Å². The standard InChI is InChI=1S/C13H9F3N6O3/c1-24-11(23)10-18-6-22(20-10)5-8-3-2-7(4-17-8)9-19-12(25-21-9)13(14,15)16/h2-4,6H,5H2,1H3. The molecule has 0 unspecified atom stereocenters. The summed E-state index contributed by atoms with van der Waals surface area (Å²) in [6.45, 7) is 0.199. The first kappa shape index (κ1) is 16.5. The first-order valence-electron chi connectivity index (χ1n) is 6.71. The first-order chi connectivity index (χ1) is 11.9. The van der Waals surface area contributed by atoms with Crippen molar-refractivity contribution in [2.75, 3.05) is 7.11 Å². The molecule has 9 nitrogen and oxygen atoms in total. The van der Waals surface area contributed by atoms with Crippen LogP contribution in [0.2, 0.25) is 0 Å². The zero-order valence-electron chi connectivity index (χ0n) is 12.6. The first-order valence-corrected chi connectivity index (χ1v) is 6.71. The Kier molecular flexibility index (Phi) is 4.17. The van der Waals surface area contributed by atoms with Crippen molar-refractivity contribution >= 4 is 5.97 Å². The molecule has 3 rings (SSSR count). The van der Waals surface area contributed by atoms with Crippen LogP contribution in [0.4, 0.5) is 13.2 Å². The molecule has 0 saturated carbocycles. The zero-order chi connectivity index (χ0) is 18.0. The Hall–Kier alpha value is -3.31. The molecule has 0 spiro atoms. The molecule has 25 heavy (non-hydrogen) atoms. The largest absolute Gasteiger partial charge is 0.471 e. The minimum absolute atomic E-state index is 0.0920. The molecule has 0 fully saturated rings. The van der Waals surface area contributed by atoms with E-state index in [0.29, 0.717) is 5.69 Å². The number of aromatic nitrogens is 6. The summed E-state index contributed by atoms with van der Waals surface area (Å²) in [5.74, 6) is -2.41. The van der Waals surface area contributed by atoms with Crippen LogP contribution in [-0.4, -0.2) is 43.0 Å². The second-order valence-electron chi connectivity index (χ2n) is 4.72. The number of nitrogens with zero attached hydrogens (tertiary/aromatic N) is 6. The van der Waals surface area contributed by atoms with Crippen molar-refractivity contribution in [3.8, 4) is 11.4 Å². The molecule has 3 aromatic rings. The van der Waals surface area contributed by atoms with E-state index in [2.05, 4.69) is 34.5 Å². The molecule has 0 bridgehead atoms. The summed E-state index contributed by atoms with van der Waals surface area (Å²) < 4.78 is 47.4. The van der Waals surface area contributed by atoms with Gasteiger partial charge < -0.3 is 9.26 Å². The molecule has 130 valence electrons. The van der Waals surface area contributed by atoms with Gasteiger partial charge in [-0.05, 0) is 12.1 Å². The van der Waals surface area contributed by atoms with Crippen LogP contribution in [0.15, 0.2) is 29.2 Å². The van der Waals surface area contributed by atoms with Crippen molar-refractivity contribution in [3.63, 3.8) is 0 Å². The van der Waals surface area contributed by atoms with Gasteiger partial charge in [0.25, 0.3) is 5.82 Å². The van der Waals surface area contributed by atoms with Crippen molar-refractivity contribution in [3.05, 3.63) is 42.1 Å². The number of esters is 1. The van der Waals surface area contributed by atoms with Gasteiger partial charge in [0.05, 0.1) is 19.3 Å². The number of halogens is 3. The molecule has 0 aliphatic carbocycles. The highest BCUT2D eigenvalue weighted by molar-refractivity contribution is 5.84. The molecule has 0 atom stereocenters. The van der Waals surface area contributed by atoms with E-state index in [1.54, 1.807) is 6.07 Å². The number of methoxy groups -OCH3 is 1. The van der Waals surface area contributed by atoms with E-state index < -0.39 is 18.0 Å². The molecule has 0 aliphatic rings. The number of hydrogen-bond acceptors (Lipinski definition) is 8. The Morgan fingerprint density at radius 1 is 1.32 bits per heavy atom. The van der Waals surface area contributed by atoms with Crippen molar-refractivity contribution in [2.45, 2.75) is 12.7 Å². The monoisotopic (exact) mass is 354 g/mol. The lowest BCUT2D eigenvalue weighted by Crippen LogP contribution is -2.07. The van der Waals surface area contributed by atoms with Crippen LogP contribution in [0, 0.1) is 0 Å². The lowest BCUT2D eigenvalue weighted by atomic mass is 10.2. The van der Waals surface area contributed by atoms with E-state index in [1.807, 2.05) is 0 Å². The summed E-state index contributed by atoms with van der Waals surface area (Å²) in [5.41, 5.74) is 0.793. The Morgan fingerprint density at radius 3 is 2.72 bits per heavy atom. The van der Waals surface area contributed by atoms with Gasteiger partial charge in [0.15, 0.2) is 0 Å². The fourth-order valence-corrected chi connectivity index (χ4v) is 1.83. The number of carbonyl (C=O) groups is 1. The molecule has 0 N–H and O–H groups in total. The second kappa shape index (κ2) is 6.30. The van der Waals surface area contributed by atoms with Crippen molar-refractivity contribution < 1.29 is 27.2 Å². The summed E-state index contributed by atoms with van der Waals surface area (Å²) in [5, 5.41) is 7.19. The third-order valence-electron chi connectivity index (χ3n) is 2.98. The molecular formula is C13H9F3N6O3. The van der Waals surface area contributed by atoms with Gasteiger partial charge in [-0.25, -0.2) is 14.5 Å². The molecule has 0 saturated heterocycles. The number of pyridine rings is 1. The minimum Gasteiger partial charge on any atom is -0.463 e. The number of hydrogen-bond donors (Lipinski definition) is 0. The van der Waals surface area contributed by atoms with Crippen molar-refractivity contribution in [1.82, 2.24) is 29.9 Å². The molecule has 0 amide bonds. The number of rotatable bonds is 4. The highest BCUT2D eigenvalue weighted by Crippen LogP contribution is 2.29. The molecule has 3 heterocycles. The SMILES string of the molecule is COC(=O)c1ncn(Cc2ccc(-c3noc(C(F)(F)F)n3)cn2)n1. The molecule has 0 aliphatic heterocycles. The summed E-state index contributed by atoms with van der Waals surface area (Å²) in [7, 11) is 1.21. The maximum atomic E-state index is 12.4. The van der Waals surface area contributed by atoms with Gasteiger partial charge in [0, 0.05) is 11.8 Å². The Balaban J connectivity index is 1.73. The molecule has 0 radical (unpaired) electrons. The Labute approximate surface area is 137 Å². The smallest absolute Gasteiger partial charge is 0.463 e. The van der Waals surface area contributed by atoms with E-state index in [1.165, 1.54) is 30.4 Å². The highest BCUT2D eigenvalue weighted by Gasteiger charge is 2.38. The molecule has 0 aromatic carbocycles. The summed E-state index contributed by atoms with van der Waals surface area (Å²) in [6, 6.07) is 3.05. The summed E-state index contributed by atoms with van der Waals surface area (Å²) >= 11 is 0. The van der Waals surface area contributed by atoms with Gasteiger partial charge >= 0.3 is 18.0 Å². The van der Waals surface area contributed by atoms with E-state index in [0.717, 1.165) is 0 Å². The maximum absolute atomic E-state index is 12.4. The highest BCUT2D eigenvalue weighted by atomic mass is 19.4. The van der Waals surface area contributed by atoms with Gasteiger partial charge in [-0.3, -0.25) is 4.98 Å². The number of carbonyl (C=O) groups excluding carboxylic acids is 1. The Bertz CT molecular complexity index is 887. The van der Waals surface area contributed by atoms with E-state index >= 15 is 0 Å². The van der Waals surface area contributed by atoms with Gasteiger partial charge in [-0.15, -0.1) is 5.10 Å². The van der Waals surface area contributed by atoms with Crippen LogP contribution in [0.5, 0.6) is 0 Å². The normalized spacial score (nSPS) is 11.5. The topological polar surface area (TPSA) is 109 Å².